The normalized spacial score (nSPS) is 23.3. The number of fused-ring (bicyclic) bond motifs is 4. The van der Waals surface area contributed by atoms with Crippen molar-refractivity contribution in [1.29, 1.82) is 0 Å². The Morgan fingerprint density at radius 1 is 1.17 bits per heavy atom. The SMILES string of the molecule is Cc1oc2ccc(OCc3ccccc3)cc2c1C(=O)NC1CN2CCC1CC2. The lowest BCUT2D eigenvalue weighted by Crippen LogP contribution is -2.57. The van der Waals surface area contributed by atoms with Crippen molar-refractivity contribution < 1.29 is 13.9 Å². The van der Waals surface area contributed by atoms with E-state index in [1.54, 1.807) is 0 Å². The summed E-state index contributed by atoms with van der Waals surface area (Å²) in [5.74, 6) is 1.94. The highest BCUT2D eigenvalue weighted by Gasteiger charge is 2.35. The molecule has 0 radical (unpaired) electrons. The van der Waals surface area contributed by atoms with Gasteiger partial charge in [0.2, 0.25) is 0 Å². The fourth-order valence-corrected chi connectivity index (χ4v) is 4.68. The number of ether oxygens (including phenoxy) is 1. The van der Waals surface area contributed by atoms with E-state index < -0.39 is 0 Å². The molecule has 3 aliphatic heterocycles. The molecule has 0 saturated carbocycles. The van der Waals surface area contributed by atoms with Gasteiger partial charge in [0.15, 0.2) is 0 Å². The van der Waals surface area contributed by atoms with E-state index in [4.69, 9.17) is 9.15 Å². The molecule has 3 fully saturated rings. The summed E-state index contributed by atoms with van der Waals surface area (Å²) in [6.45, 7) is 5.62. The first kappa shape index (κ1) is 18.3. The number of amides is 1. The van der Waals surface area contributed by atoms with Gasteiger partial charge < -0.3 is 19.4 Å². The number of aryl methyl sites for hydroxylation is 1. The van der Waals surface area contributed by atoms with Crippen LogP contribution in [0.4, 0.5) is 0 Å². The van der Waals surface area contributed by atoms with Gasteiger partial charge in [-0.25, -0.2) is 0 Å². The Bertz CT molecular complexity index is 1020. The summed E-state index contributed by atoms with van der Waals surface area (Å²) in [7, 11) is 0. The molecule has 2 bridgehead atoms. The number of nitrogens with zero attached hydrogens (tertiary/aromatic N) is 1. The minimum atomic E-state index is -0.0415. The zero-order valence-corrected chi connectivity index (χ0v) is 16.7. The Balaban J connectivity index is 1.36. The minimum Gasteiger partial charge on any atom is -0.489 e. The van der Waals surface area contributed by atoms with Crippen molar-refractivity contribution >= 4 is 16.9 Å². The summed E-state index contributed by atoms with van der Waals surface area (Å²) in [6, 6.07) is 16.0. The number of hydrogen-bond donors (Lipinski definition) is 1. The molecule has 1 N–H and O–H groups in total. The number of carbonyl (C=O) groups is 1. The molecule has 0 aliphatic carbocycles. The standard InChI is InChI=1S/C24H26N2O3/c1-16-23(24(27)25-21-14-26-11-9-18(21)10-12-26)20-13-19(7-8-22(20)29-16)28-15-17-5-3-2-4-6-17/h2-8,13,18,21H,9-12,14-15H2,1H3,(H,25,27). The van der Waals surface area contributed by atoms with Gasteiger partial charge >= 0.3 is 0 Å². The molecule has 1 atom stereocenters. The molecule has 0 spiro atoms. The van der Waals surface area contributed by atoms with Crippen LogP contribution in [0.15, 0.2) is 52.9 Å². The van der Waals surface area contributed by atoms with E-state index in [-0.39, 0.29) is 11.9 Å². The minimum absolute atomic E-state index is 0.0415. The van der Waals surface area contributed by atoms with Gasteiger partial charge in [0.25, 0.3) is 5.91 Å². The molecule has 29 heavy (non-hydrogen) atoms. The van der Waals surface area contributed by atoms with E-state index in [9.17, 15) is 4.79 Å². The van der Waals surface area contributed by atoms with E-state index in [0.29, 0.717) is 29.4 Å². The fourth-order valence-electron chi connectivity index (χ4n) is 4.68. The molecule has 3 aliphatic rings. The number of furan rings is 1. The zero-order valence-electron chi connectivity index (χ0n) is 16.7. The van der Waals surface area contributed by atoms with Crippen LogP contribution >= 0.6 is 0 Å². The Labute approximate surface area is 170 Å². The second kappa shape index (κ2) is 7.56. The first-order valence-electron chi connectivity index (χ1n) is 10.4. The van der Waals surface area contributed by atoms with Crippen molar-refractivity contribution in [2.75, 3.05) is 19.6 Å². The average molecular weight is 390 g/mol. The van der Waals surface area contributed by atoms with E-state index in [2.05, 4.69) is 10.2 Å². The van der Waals surface area contributed by atoms with Gasteiger partial charge in [-0.05, 0) is 62.5 Å². The number of nitrogens with one attached hydrogen (secondary N) is 1. The molecular formula is C24H26N2O3. The Kier molecular flexibility index (Phi) is 4.76. The topological polar surface area (TPSA) is 54.7 Å². The first-order chi connectivity index (χ1) is 14.2. The summed E-state index contributed by atoms with van der Waals surface area (Å²) in [5.41, 5.74) is 2.45. The molecule has 5 heteroatoms. The summed E-state index contributed by atoms with van der Waals surface area (Å²) in [4.78, 5) is 15.6. The van der Waals surface area contributed by atoms with Gasteiger partial charge in [0, 0.05) is 18.0 Å². The van der Waals surface area contributed by atoms with E-state index in [1.165, 1.54) is 12.8 Å². The van der Waals surface area contributed by atoms with Gasteiger partial charge in [-0.15, -0.1) is 0 Å². The third-order valence-electron chi connectivity index (χ3n) is 6.28. The van der Waals surface area contributed by atoms with Gasteiger partial charge in [-0.3, -0.25) is 4.79 Å². The molecule has 5 nitrogen and oxygen atoms in total. The predicted molar refractivity (Wildman–Crippen MR) is 112 cm³/mol. The average Bonchev–Trinajstić information content (AvgIpc) is 3.09. The van der Waals surface area contributed by atoms with Crippen LogP contribution in [-0.2, 0) is 6.61 Å². The molecule has 150 valence electrons. The van der Waals surface area contributed by atoms with Crippen LogP contribution in [0.25, 0.3) is 11.0 Å². The fraction of sp³-hybridized carbons (Fsp3) is 0.375. The number of hydrogen-bond acceptors (Lipinski definition) is 4. The summed E-state index contributed by atoms with van der Waals surface area (Å²) in [6.07, 6.45) is 2.35. The van der Waals surface area contributed by atoms with Crippen LogP contribution in [0.3, 0.4) is 0 Å². The summed E-state index contributed by atoms with van der Waals surface area (Å²) >= 11 is 0. The van der Waals surface area contributed by atoms with Crippen LogP contribution in [0.5, 0.6) is 5.75 Å². The van der Waals surface area contributed by atoms with Gasteiger partial charge in [-0.2, -0.15) is 0 Å². The highest BCUT2D eigenvalue weighted by atomic mass is 16.5. The monoisotopic (exact) mass is 390 g/mol. The van der Waals surface area contributed by atoms with Crippen LogP contribution in [0.2, 0.25) is 0 Å². The highest BCUT2D eigenvalue weighted by molar-refractivity contribution is 6.07. The van der Waals surface area contributed by atoms with Crippen LogP contribution in [0, 0.1) is 12.8 Å². The predicted octanol–water partition coefficient (Wildman–Crippen LogP) is 4.14. The molecule has 4 heterocycles. The Morgan fingerprint density at radius 2 is 1.97 bits per heavy atom. The lowest BCUT2D eigenvalue weighted by molar-refractivity contribution is 0.0620. The molecule has 3 aromatic rings. The molecule has 6 rings (SSSR count). The third kappa shape index (κ3) is 3.62. The zero-order chi connectivity index (χ0) is 19.8. The van der Waals surface area contributed by atoms with Crippen molar-refractivity contribution in [3.63, 3.8) is 0 Å². The molecule has 3 saturated heterocycles. The van der Waals surface area contributed by atoms with E-state index >= 15 is 0 Å². The summed E-state index contributed by atoms with van der Waals surface area (Å²) < 4.78 is 11.8. The van der Waals surface area contributed by atoms with Gasteiger partial charge in [0.1, 0.15) is 23.7 Å². The maximum atomic E-state index is 13.1. The van der Waals surface area contributed by atoms with Crippen molar-refractivity contribution in [3.05, 3.63) is 65.4 Å². The maximum Gasteiger partial charge on any atom is 0.255 e. The largest absolute Gasteiger partial charge is 0.489 e. The first-order valence-corrected chi connectivity index (χ1v) is 10.4. The van der Waals surface area contributed by atoms with Crippen LogP contribution in [-0.4, -0.2) is 36.5 Å². The van der Waals surface area contributed by atoms with Gasteiger partial charge in [-0.1, -0.05) is 30.3 Å². The van der Waals surface area contributed by atoms with Crippen LogP contribution in [0.1, 0.15) is 34.5 Å². The third-order valence-corrected chi connectivity index (χ3v) is 6.28. The Morgan fingerprint density at radius 3 is 2.69 bits per heavy atom. The molecule has 1 aromatic heterocycles. The summed E-state index contributed by atoms with van der Waals surface area (Å²) in [5, 5.41) is 4.09. The maximum absolute atomic E-state index is 13.1. The second-order valence-corrected chi connectivity index (χ2v) is 8.18. The molecule has 1 amide bonds. The van der Waals surface area contributed by atoms with Crippen molar-refractivity contribution in [1.82, 2.24) is 10.2 Å². The van der Waals surface area contributed by atoms with E-state index in [0.717, 1.165) is 36.3 Å². The van der Waals surface area contributed by atoms with Crippen molar-refractivity contribution in [2.45, 2.75) is 32.4 Å². The second-order valence-electron chi connectivity index (χ2n) is 8.18. The molecule has 1 unspecified atom stereocenters. The smallest absolute Gasteiger partial charge is 0.255 e. The highest BCUT2D eigenvalue weighted by Crippen LogP contribution is 2.31. The lowest BCUT2D eigenvalue weighted by atomic mass is 9.84. The van der Waals surface area contributed by atoms with Crippen molar-refractivity contribution in [2.24, 2.45) is 5.92 Å². The quantitative estimate of drug-likeness (QED) is 0.711. The van der Waals surface area contributed by atoms with Crippen molar-refractivity contribution in [3.8, 4) is 5.75 Å². The van der Waals surface area contributed by atoms with Crippen LogP contribution < -0.4 is 10.1 Å². The number of piperidine rings is 3. The number of rotatable bonds is 5. The van der Waals surface area contributed by atoms with Gasteiger partial charge in [0.05, 0.1) is 5.56 Å². The number of benzene rings is 2. The number of carbonyl (C=O) groups excluding carboxylic acids is 1. The lowest BCUT2D eigenvalue weighted by Gasteiger charge is -2.44. The van der Waals surface area contributed by atoms with E-state index in [1.807, 2.05) is 55.5 Å². The molecule has 2 aromatic carbocycles. The molecular weight excluding hydrogens is 364 g/mol. The Hall–Kier alpha value is -2.79.